The van der Waals surface area contributed by atoms with Gasteiger partial charge in [-0.15, -0.1) is 0 Å². The van der Waals surface area contributed by atoms with Gasteiger partial charge in [0.25, 0.3) is 0 Å². The molecule has 5 nitrogen and oxygen atoms in total. The molecule has 2 N–H and O–H groups in total. The van der Waals surface area contributed by atoms with Gasteiger partial charge in [-0.1, -0.05) is 6.92 Å². The van der Waals surface area contributed by atoms with Crippen molar-refractivity contribution in [2.24, 2.45) is 5.41 Å². The molecule has 1 aromatic rings. The van der Waals surface area contributed by atoms with Crippen molar-refractivity contribution in [2.75, 3.05) is 6.54 Å². The Morgan fingerprint density at radius 3 is 2.20 bits per heavy atom. The van der Waals surface area contributed by atoms with E-state index in [2.05, 4.69) is 4.72 Å². The number of carboxylic acid groups (broad SMARTS) is 1. The lowest BCUT2D eigenvalue weighted by atomic mass is 9.88. The summed E-state index contributed by atoms with van der Waals surface area (Å²) < 4.78 is 51.8. The highest BCUT2D eigenvalue weighted by molar-refractivity contribution is 7.89. The first-order valence-corrected chi connectivity index (χ1v) is 7.28. The maximum absolute atomic E-state index is 13.0. The average Bonchev–Trinajstić information content (AvgIpc) is 2.34. The van der Waals surface area contributed by atoms with Gasteiger partial charge in [-0.05, 0) is 25.5 Å². The van der Waals surface area contributed by atoms with Crippen LogP contribution in [0, 0.1) is 17.0 Å². The summed E-state index contributed by atoms with van der Waals surface area (Å²) in [4.78, 5) is 10.5. The van der Waals surface area contributed by atoms with Gasteiger partial charge in [0.15, 0.2) is 0 Å². The smallest absolute Gasteiger partial charge is 0.310 e. The average molecular weight is 307 g/mol. The molecule has 0 heterocycles. The molecular weight excluding hydrogens is 292 g/mol. The molecule has 0 aliphatic carbocycles. The van der Waals surface area contributed by atoms with Gasteiger partial charge in [-0.3, -0.25) is 4.79 Å². The summed E-state index contributed by atoms with van der Waals surface area (Å²) in [6, 6.07) is 1.87. The molecule has 0 spiro atoms. The Hall–Kier alpha value is -1.54. The molecule has 0 saturated heterocycles. The molecule has 0 fully saturated rings. The second kappa shape index (κ2) is 5.84. The Bertz CT molecular complexity index is 598. The minimum absolute atomic E-state index is 0.197. The van der Waals surface area contributed by atoms with E-state index in [0.717, 1.165) is 0 Å². The molecule has 20 heavy (non-hydrogen) atoms. The highest BCUT2D eigenvalue weighted by atomic mass is 32.2. The first-order chi connectivity index (χ1) is 9.10. The predicted molar refractivity (Wildman–Crippen MR) is 67.6 cm³/mol. The molecular formula is C12H15F2NO4S. The van der Waals surface area contributed by atoms with E-state index in [4.69, 9.17) is 5.11 Å². The van der Waals surface area contributed by atoms with Gasteiger partial charge in [0, 0.05) is 12.6 Å². The number of halogens is 2. The molecule has 112 valence electrons. The van der Waals surface area contributed by atoms with E-state index in [9.17, 15) is 22.0 Å². The largest absolute Gasteiger partial charge is 0.481 e. The second-order valence-corrected chi connectivity index (χ2v) is 6.42. The first-order valence-electron chi connectivity index (χ1n) is 5.80. The third-order valence-electron chi connectivity index (χ3n) is 3.10. The molecule has 0 radical (unpaired) electrons. The number of carbonyl (C=O) groups is 1. The van der Waals surface area contributed by atoms with E-state index < -0.39 is 37.9 Å². The SMILES string of the molecule is CCC(C)(CNS(=O)(=O)c1cc(F)cc(F)c1)C(=O)O. The summed E-state index contributed by atoms with van der Waals surface area (Å²) in [6.45, 7) is 2.60. The van der Waals surface area contributed by atoms with Crippen molar-refractivity contribution in [2.45, 2.75) is 25.2 Å². The number of nitrogens with one attached hydrogen (secondary N) is 1. The standard InChI is InChI=1S/C12H15F2NO4S/c1-3-12(2,11(16)17)7-15-20(18,19)10-5-8(13)4-9(14)6-10/h4-6,15H,3,7H2,1-2H3,(H,16,17). The number of hydrogen-bond acceptors (Lipinski definition) is 3. The fraction of sp³-hybridized carbons (Fsp3) is 0.417. The summed E-state index contributed by atoms with van der Waals surface area (Å²) in [5, 5.41) is 9.03. The predicted octanol–water partition coefficient (Wildman–Crippen LogP) is 1.74. The Morgan fingerprint density at radius 2 is 1.80 bits per heavy atom. The Kier molecular flexibility index (Phi) is 4.82. The van der Waals surface area contributed by atoms with E-state index in [0.29, 0.717) is 18.2 Å². The summed E-state index contributed by atoms with van der Waals surface area (Å²) in [5.74, 6) is -3.21. The van der Waals surface area contributed by atoms with Crippen LogP contribution >= 0.6 is 0 Å². The molecule has 0 aliphatic rings. The van der Waals surface area contributed by atoms with Gasteiger partial charge in [-0.25, -0.2) is 21.9 Å². The molecule has 0 aliphatic heterocycles. The van der Waals surface area contributed by atoms with Gasteiger partial charge in [0.1, 0.15) is 11.6 Å². The van der Waals surface area contributed by atoms with Crippen molar-refractivity contribution >= 4 is 16.0 Å². The van der Waals surface area contributed by atoms with Crippen LogP contribution in [-0.2, 0) is 14.8 Å². The van der Waals surface area contributed by atoms with Crippen LogP contribution in [0.5, 0.6) is 0 Å². The molecule has 8 heteroatoms. The third kappa shape index (κ3) is 3.73. The number of benzene rings is 1. The molecule has 0 amide bonds. The minimum Gasteiger partial charge on any atom is -0.481 e. The monoisotopic (exact) mass is 307 g/mol. The lowest BCUT2D eigenvalue weighted by molar-refractivity contribution is -0.147. The van der Waals surface area contributed by atoms with Crippen LogP contribution in [0.4, 0.5) is 8.78 Å². The molecule has 0 bridgehead atoms. The molecule has 0 aromatic heterocycles. The van der Waals surface area contributed by atoms with Crippen molar-refractivity contribution < 1.29 is 27.1 Å². The van der Waals surface area contributed by atoms with Gasteiger partial charge in [-0.2, -0.15) is 0 Å². The summed E-state index contributed by atoms with van der Waals surface area (Å²) in [7, 11) is -4.18. The van der Waals surface area contributed by atoms with E-state index >= 15 is 0 Å². The number of rotatable bonds is 6. The summed E-state index contributed by atoms with van der Waals surface area (Å²) in [5.41, 5.74) is -1.29. The second-order valence-electron chi connectivity index (χ2n) is 4.65. The minimum atomic E-state index is -4.18. The van der Waals surface area contributed by atoms with Gasteiger partial charge in [0.05, 0.1) is 10.3 Å². The van der Waals surface area contributed by atoms with Crippen LogP contribution in [0.25, 0.3) is 0 Å². The fourth-order valence-electron chi connectivity index (χ4n) is 1.37. The van der Waals surface area contributed by atoms with Crippen LogP contribution in [0.2, 0.25) is 0 Å². The maximum atomic E-state index is 13.0. The number of carboxylic acids is 1. The Morgan fingerprint density at radius 1 is 1.30 bits per heavy atom. The zero-order chi connectivity index (χ0) is 15.6. The Balaban J connectivity index is 2.99. The lowest BCUT2D eigenvalue weighted by Gasteiger charge is -2.23. The number of sulfonamides is 1. The van der Waals surface area contributed by atoms with Gasteiger partial charge >= 0.3 is 5.97 Å². The highest BCUT2D eigenvalue weighted by Gasteiger charge is 2.32. The van der Waals surface area contributed by atoms with Crippen LogP contribution in [-0.4, -0.2) is 26.0 Å². The molecule has 1 rings (SSSR count). The summed E-state index contributed by atoms with van der Waals surface area (Å²) in [6.07, 6.45) is 0.197. The zero-order valence-corrected chi connectivity index (χ0v) is 11.8. The molecule has 1 atom stereocenters. The quantitative estimate of drug-likeness (QED) is 0.838. The van der Waals surface area contributed by atoms with Gasteiger partial charge in [0.2, 0.25) is 10.0 Å². The van der Waals surface area contributed by atoms with Crippen molar-refractivity contribution in [1.29, 1.82) is 0 Å². The van der Waals surface area contributed by atoms with E-state index in [1.807, 2.05) is 0 Å². The maximum Gasteiger partial charge on any atom is 0.310 e. The third-order valence-corrected chi connectivity index (χ3v) is 4.48. The van der Waals surface area contributed by atoms with Crippen molar-refractivity contribution in [3.63, 3.8) is 0 Å². The lowest BCUT2D eigenvalue weighted by Crippen LogP contribution is -2.40. The van der Waals surface area contributed by atoms with Crippen LogP contribution in [0.3, 0.4) is 0 Å². The van der Waals surface area contributed by atoms with Crippen LogP contribution in [0.15, 0.2) is 23.1 Å². The Labute approximate surface area is 115 Å². The fourth-order valence-corrected chi connectivity index (χ4v) is 2.58. The van der Waals surface area contributed by atoms with E-state index in [1.54, 1.807) is 6.92 Å². The van der Waals surface area contributed by atoms with E-state index in [-0.39, 0.29) is 13.0 Å². The number of hydrogen-bond donors (Lipinski definition) is 2. The summed E-state index contributed by atoms with van der Waals surface area (Å²) >= 11 is 0. The highest BCUT2D eigenvalue weighted by Crippen LogP contribution is 2.21. The topological polar surface area (TPSA) is 83.5 Å². The van der Waals surface area contributed by atoms with Crippen molar-refractivity contribution in [3.8, 4) is 0 Å². The van der Waals surface area contributed by atoms with Crippen LogP contribution in [0.1, 0.15) is 20.3 Å². The van der Waals surface area contributed by atoms with Gasteiger partial charge < -0.3 is 5.11 Å². The van der Waals surface area contributed by atoms with Crippen molar-refractivity contribution in [3.05, 3.63) is 29.8 Å². The molecule has 1 aromatic carbocycles. The first kappa shape index (κ1) is 16.5. The van der Waals surface area contributed by atoms with Crippen molar-refractivity contribution in [1.82, 2.24) is 4.72 Å². The molecule has 1 unspecified atom stereocenters. The van der Waals surface area contributed by atoms with E-state index in [1.165, 1.54) is 6.92 Å². The molecule has 0 saturated carbocycles. The normalized spacial score (nSPS) is 14.8. The zero-order valence-electron chi connectivity index (χ0n) is 11.0. The number of aliphatic carboxylic acids is 1. The van der Waals surface area contributed by atoms with Crippen LogP contribution < -0.4 is 4.72 Å².